The van der Waals surface area contributed by atoms with Gasteiger partial charge in [0.25, 0.3) is 5.91 Å². The van der Waals surface area contributed by atoms with Crippen molar-refractivity contribution < 1.29 is 18.8 Å². The minimum absolute atomic E-state index is 0.0636. The van der Waals surface area contributed by atoms with Crippen molar-refractivity contribution in [2.24, 2.45) is 5.92 Å². The van der Waals surface area contributed by atoms with Gasteiger partial charge in [0, 0.05) is 25.2 Å². The zero-order valence-corrected chi connectivity index (χ0v) is 16.3. The van der Waals surface area contributed by atoms with Gasteiger partial charge in [-0.1, -0.05) is 25.5 Å². The fourth-order valence-corrected chi connectivity index (χ4v) is 3.25. The van der Waals surface area contributed by atoms with E-state index in [1.807, 2.05) is 6.92 Å². The van der Waals surface area contributed by atoms with Gasteiger partial charge < -0.3 is 15.5 Å². The van der Waals surface area contributed by atoms with Crippen LogP contribution in [0.5, 0.6) is 0 Å². The van der Waals surface area contributed by atoms with Crippen molar-refractivity contribution in [1.82, 2.24) is 5.32 Å². The van der Waals surface area contributed by atoms with Crippen LogP contribution in [0.25, 0.3) is 0 Å². The summed E-state index contributed by atoms with van der Waals surface area (Å²) in [7, 11) is 0. The normalized spacial score (nSPS) is 16.0. The highest BCUT2D eigenvalue weighted by Crippen LogP contribution is 2.26. The van der Waals surface area contributed by atoms with Crippen LogP contribution in [0.1, 0.15) is 36.5 Å². The number of carbonyl (C=O) groups excluding carboxylic acids is 3. The second-order valence-corrected chi connectivity index (χ2v) is 7.03. The van der Waals surface area contributed by atoms with Gasteiger partial charge in [-0.25, -0.2) is 4.39 Å². The summed E-state index contributed by atoms with van der Waals surface area (Å²) in [6.45, 7) is 2.82. The summed E-state index contributed by atoms with van der Waals surface area (Å²) in [6.07, 6.45) is 1.91. The highest BCUT2D eigenvalue weighted by molar-refractivity contribution is 6.07. The van der Waals surface area contributed by atoms with Gasteiger partial charge in [0.2, 0.25) is 11.8 Å². The maximum absolute atomic E-state index is 13.1. The molecule has 152 valence electrons. The lowest BCUT2D eigenvalue weighted by atomic mass is 10.1. The predicted octanol–water partition coefficient (Wildman–Crippen LogP) is 3.35. The van der Waals surface area contributed by atoms with Crippen LogP contribution in [0.4, 0.5) is 15.8 Å². The molecule has 2 aromatic carbocycles. The van der Waals surface area contributed by atoms with Gasteiger partial charge in [0.05, 0.1) is 17.2 Å². The molecule has 0 spiro atoms. The number of nitrogens with one attached hydrogen (secondary N) is 2. The second kappa shape index (κ2) is 9.32. The molecule has 1 aliphatic rings. The highest BCUT2D eigenvalue weighted by atomic mass is 19.1. The topological polar surface area (TPSA) is 78.5 Å². The first-order chi connectivity index (χ1) is 14.0. The van der Waals surface area contributed by atoms with Gasteiger partial charge in [0.1, 0.15) is 5.82 Å². The molecule has 1 atom stereocenters. The summed E-state index contributed by atoms with van der Waals surface area (Å²) >= 11 is 0. The average Bonchev–Trinajstić information content (AvgIpc) is 3.11. The fourth-order valence-electron chi connectivity index (χ4n) is 3.25. The van der Waals surface area contributed by atoms with Crippen LogP contribution in [-0.4, -0.2) is 30.8 Å². The molecule has 0 unspecified atom stereocenters. The van der Waals surface area contributed by atoms with Crippen LogP contribution in [0.2, 0.25) is 0 Å². The molecule has 2 N–H and O–H groups in total. The van der Waals surface area contributed by atoms with Crippen LogP contribution in [-0.2, 0) is 9.59 Å². The first-order valence-electron chi connectivity index (χ1n) is 9.73. The lowest BCUT2D eigenvalue weighted by Crippen LogP contribution is -2.29. The largest absolute Gasteiger partial charge is 0.352 e. The van der Waals surface area contributed by atoms with Crippen molar-refractivity contribution in [2.45, 2.75) is 26.2 Å². The van der Waals surface area contributed by atoms with Gasteiger partial charge in [-0.3, -0.25) is 14.4 Å². The Morgan fingerprint density at radius 2 is 1.86 bits per heavy atom. The van der Waals surface area contributed by atoms with Gasteiger partial charge >= 0.3 is 0 Å². The van der Waals surface area contributed by atoms with E-state index in [9.17, 15) is 18.8 Å². The molecule has 3 amide bonds. The molecule has 29 heavy (non-hydrogen) atoms. The highest BCUT2D eigenvalue weighted by Gasteiger charge is 2.35. The number of anilines is 2. The molecule has 1 fully saturated rings. The molecule has 3 rings (SSSR count). The number of hydrogen-bond donors (Lipinski definition) is 2. The number of halogens is 1. The molecule has 0 aliphatic carbocycles. The Morgan fingerprint density at radius 1 is 1.14 bits per heavy atom. The number of para-hydroxylation sites is 1. The van der Waals surface area contributed by atoms with E-state index in [1.165, 1.54) is 29.2 Å². The number of amides is 3. The molecule has 0 aromatic heterocycles. The average molecular weight is 397 g/mol. The Kier molecular flexibility index (Phi) is 6.59. The summed E-state index contributed by atoms with van der Waals surface area (Å²) in [5.74, 6) is -1.70. The van der Waals surface area contributed by atoms with Gasteiger partial charge in [-0.05, 0) is 42.8 Å². The van der Waals surface area contributed by atoms with E-state index in [2.05, 4.69) is 10.6 Å². The Bertz CT molecular complexity index is 898. The number of carbonyl (C=O) groups is 3. The first kappa shape index (κ1) is 20.5. The summed E-state index contributed by atoms with van der Waals surface area (Å²) in [4.78, 5) is 39.0. The van der Waals surface area contributed by atoms with Gasteiger partial charge in [-0.2, -0.15) is 0 Å². The molecule has 0 saturated carbocycles. The van der Waals surface area contributed by atoms with Gasteiger partial charge in [0.15, 0.2) is 0 Å². The molecule has 1 saturated heterocycles. The van der Waals surface area contributed by atoms with E-state index < -0.39 is 5.92 Å². The lowest BCUT2D eigenvalue weighted by molar-refractivity contribution is -0.122. The zero-order chi connectivity index (χ0) is 20.8. The van der Waals surface area contributed by atoms with E-state index in [1.54, 1.807) is 24.3 Å². The minimum atomic E-state index is -0.552. The standard InChI is InChI=1S/C22H24FN3O3/c1-2-3-12-24-22(29)18-6-4-5-7-19(18)25-21(28)15-13-20(27)26(14-15)17-10-8-16(23)9-11-17/h4-11,15H,2-3,12-14H2,1H3,(H,24,29)(H,25,28)/t15-/m0/s1. The van der Waals surface area contributed by atoms with Crippen LogP contribution >= 0.6 is 0 Å². The Balaban J connectivity index is 1.67. The van der Waals surface area contributed by atoms with Crippen LogP contribution in [0.3, 0.4) is 0 Å². The molecular weight excluding hydrogens is 373 g/mol. The van der Waals surface area contributed by atoms with E-state index in [-0.39, 0.29) is 36.5 Å². The Morgan fingerprint density at radius 3 is 2.59 bits per heavy atom. The Labute approximate surface area is 169 Å². The minimum Gasteiger partial charge on any atom is -0.352 e. The third-order valence-electron chi connectivity index (χ3n) is 4.88. The number of nitrogens with zero attached hydrogens (tertiary/aromatic N) is 1. The van der Waals surface area contributed by atoms with Crippen molar-refractivity contribution in [2.75, 3.05) is 23.3 Å². The van der Waals surface area contributed by atoms with Crippen molar-refractivity contribution in [3.05, 3.63) is 59.9 Å². The number of rotatable bonds is 7. The molecule has 2 aromatic rings. The quantitative estimate of drug-likeness (QED) is 0.704. The number of hydrogen-bond acceptors (Lipinski definition) is 3. The SMILES string of the molecule is CCCCNC(=O)c1ccccc1NC(=O)[C@H]1CC(=O)N(c2ccc(F)cc2)C1. The third-order valence-corrected chi connectivity index (χ3v) is 4.88. The van der Waals surface area contributed by atoms with Crippen LogP contribution in [0, 0.1) is 11.7 Å². The van der Waals surface area contributed by atoms with Crippen molar-refractivity contribution in [1.29, 1.82) is 0 Å². The maximum Gasteiger partial charge on any atom is 0.253 e. The van der Waals surface area contributed by atoms with E-state index in [0.717, 1.165) is 12.8 Å². The third kappa shape index (κ3) is 4.99. The second-order valence-electron chi connectivity index (χ2n) is 7.03. The summed E-state index contributed by atoms with van der Waals surface area (Å²) in [5, 5.41) is 5.63. The molecular formula is C22H24FN3O3. The van der Waals surface area contributed by atoms with Crippen molar-refractivity contribution >= 4 is 29.1 Å². The van der Waals surface area contributed by atoms with E-state index in [0.29, 0.717) is 23.5 Å². The van der Waals surface area contributed by atoms with Crippen molar-refractivity contribution in [3.63, 3.8) is 0 Å². The lowest BCUT2D eigenvalue weighted by Gasteiger charge is -2.17. The van der Waals surface area contributed by atoms with Crippen LogP contribution < -0.4 is 15.5 Å². The van der Waals surface area contributed by atoms with E-state index in [4.69, 9.17) is 0 Å². The number of unbranched alkanes of at least 4 members (excludes halogenated alkanes) is 1. The summed E-state index contributed by atoms with van der Waals surface area (Å²) in [6, 6.07) is 12.4. The Hall–Kier alpha value is -3.22. The van der Waals surface area contributed by atoms with Crippen molar-refractivity contribution in [3.8, 4) is 0 Å². The van der Waals surface area contributed by atoms with E-state index >= 15 is 0 Å². The molecule has 7 heteroatoms. The molecule has 6 nitrogen and oxygen atoms in total. The zero-order valence-electron chi connectivity index (χ0n) is 16.3. The molecule has 1 aliphatic heterocycles. The van der Waals surface area contributed by atoms with Gasteiger partial charge in [-0.15, -0.1) is 0 Å². The predicted molar refractivity (Wildman–Crippen MR) is 109 cm³/mol. The monoisotopic (exact) mass is 397 g/mol. The molecule has 1 heterocycles. The maximum atomic E-state index is 13.1. The fraction of sp³-hybridized carbons (Fsp3) is 0.318. The summed E-state index contributed by atoms with van der Waals surface area (Å²) in [5.41, 5.74) is 1.36. The summed E-state index contributed by atoms with van der Waals surface area (Å²) < 4.78 is 13.1. The smallest absolute Gasteiger partial charge is 0.253 e. The van der Waals surface area contributed by atoms with Crippen LogP contribution in [0.15, 0.2) is 48.5 Å². The molecule has 0 radical (unpaired) electrons. The molecule has 0 bridgehead atoms. The number of benzene rings is 2. The first-order valence-corrected chi connectivity index (χ1v) is 9.73.